The molecule has 1 aromatic heterocycles. The van der Waals surface area contributed by atoms with Crippen LogP contribution in [0, 0.1) is 5.92 Å². The van der Waals surface area contributed by atoms with Gasteiger partial charge in [-0.15, -0.1) is 11.3 Å². The van der Waals surface area contributed by atoms with Crippen LogP contribution in [0.3, 0.4) is 0 Å². The van der Waals surface area contributed by atoms with E-state index in [9.17, 15) is 5.11 Å². The molecule has 114 valence electrons. The lowest BCUT2D eigenvalue weighted by molar-refractivity contribution is 0.0275. The molecule has 0 aliphatic heterocycles. The van der Waals surface area contributed by atoms with Crippen molar-refractivity contribution in [1.29, 1.82) is 0 Å². The zero-order valence-corrected chi connectivity index (χ0v) is 13.2. The van der Waals surface area contributed by atoms with Crippen LogP contribution in [0.1, 0.15) is 43.9 Å². The van der Waals surface area contributed by atoms with Crippen LogP contribution in [0.5, 0.6) is 0 Å². The fourth-order valence-corrected chi connectivity index (χ4v) is 3.51. The van der Waals surface area contributed by atoms with Crippen molar-refractivity contribution in [1.82, 2.24) is 5.32 Å². The molecular formula is C16H27NO2S. The summed E-state index contributed by atoms with van der Waals surface area (Å²) in [5.74, 6) is 0.781. The first kappa shape index (κ1) is 16.0. The summed E-state index contributed by atoms with van der Waals surface area (Å²) in [4.78, 5) is 1.21. The maximum atomic E-state index is 9.94. The first-order chi connectivity index (χ1) is 9.75. The number of nitrogens with one attached hydrogen (secondary N) is 1. The molecule has 2 N–H and O–H groups in total. The number of ether oxygens (including phenoxy) is 1. The highest BCUT2D eigenvalue weighted by molar-refractivity contribution is 7.09. The molecule has 0 amide bonds. The average Bonchev–Trinajstić information content (AvgIpc) is 2.99. The van der Waals surface area contributed by atoms with Gasteiger partial charge in [-0.25, -0.2) is 0 Å². The molecule has 3 nitrogen and oxygen atoms in total. The number of aliphatic hydroxyl groups excluding tert-OH is 1. The summed E-state index contributed by atoms with van der Waals surface area (Å²) in [5, 5.41) is 15.5. The summed E-state index contributed by atoms with van der Waals surface area (Å²) in [7, 11) is 0. The van der Waals surface area contributed by atoms with Crippen LogP contribution >= 0.6 is 11.3 Å². The largest absolute Gasteiger partial charge is 0.389 e. The molecule has 1 aromatic rings. The SMILES string of the molecule is CC(NCC(O)COCc1cccs1)C1CCCCC1. The van der Waals surface area contributed by atoms with Crippen LogP contribution in [0.25, 0.3) is 0 Å². The van der Waals surface area contributed by atoms with Crippen molar-refractivity contribution in [3.8, 4) is 0 Å². The number of hydrogen-bond donors (Lipinski definition) is 2. The van der Waals surface area contributed by atoms with E-state index in [1.54, 1.807) is 11.3 Å². The van der Waals surface area contributed by atoms with Crippen molar-refractivity contribution >= 4 is 11.3 Å². The summed E-state index contributed by atoms with van der Waals surface area (Å²) in [6.07, 6.45) is 6.37. The second kappa shape index (κ2) is 8.78. The molecule has 20 heavy (non-hydrogen) atoms. The van der Waals surface area contributed by atoms with Crippen LogP contribution in [-0.4, -0.2) is 30.4 Å². The Morgan fingerprint density at radius 3 is 2.90 bits per heavy atom. The number of rotatable bonds is 8. The Balaban J connectivity index is 1.55. The summed E-state index contributed by atoms with van der Waals surface area (Å²) < 4.78 is 5.54. The Morgan fingerprint density at radius 2 is 2.20 bits per heavy atom. The minimum atomic E-state index is -0.416. The molecule has 1 heterocycles. The molecular weight excluding hydrogens is 270 g/mol. The maximum absolute atomic E-state index is 9.94. The molecule has 0 spiro atoms. The molecule has 0 radical (unpaired) electrons. The average molecular weight is 297 g/mol. The third kappa shape index (κ3) is 5.52. The van der Waals surface area contributed by atoms with Crippen molar-refractivity contribution in [2.45, 2.75) is 57.8 Å². The Kier molecular flexibility index (Phi) is 7.00. The standard InChI is InChI=1S/C16H27NO2S/c1-13(14-6-3-2-4-7-14)17-10-15(18)11-19-12-16-8-5-9-20-16/h5,8-9,13-15,17-18H,2-4,6-7,10-12H2,1H3. The van der Waals surface area contributed by atoms with Crippen LogP contribution in [0.15, 0.2) is 17.5 Å². The lowest BCUT2D eigenvalue weighted by Gasteiger charge is -2.29. The highest BCUT2D eigenvalue weighted by atomic mass is 32.1. The molecule has 1 fully saturated rings. The molecule has 2 unspecified atom stereocenters. The molecule has 4 heteroatoms. The van der Waals surface area contributed by atoms with E-state index in [2.05, 4.69) is 18.3 Å². The quantitative estimate of drug-likeness (QED) is 0.774. The van der Waals surface area contributed by atoms with Gasteiger partial charge < -0.3 is 15.2 Å². The van der Waals surface area contributed by atoms with E-state index >= 15 is 0 Å². The lowest BCUT2D eigenvalue weighted by Crippen LogP contribution is -2.40. The van der Waals surface area contributed by atoms with Crippen LogP contribution in [0.2, 0.25) is 0 Å². The fourth-order valence-electron chi connectivity index (χ4n) is 2.87. The van der Waals surface area contributed by atoms with Crippen LogP contribution in [-0.2, 0) is 11.3 Å². The summed E-state index contributed by atoms with van der Waals surface area (Å²) in [6.45, 7) is 3.88. The normalized spacial score (nSPS) is 19.9. The molecule has 0 bridgehead atoms. The van der Waals surface area contributed by atoms with Crippen molar-refractivity contribution in [3.63, 3.8) is 0 Å². The lowest BCUT2D eigenvalue weighted by atomic mass is 9.84. The van der Waals surface area contributed by atoms with Gasteiger partial charge in [0.2, 0.25) is 0 Å². The van der Waals surface area contributed by atoms with Gasteiger partial charge in [0.25, 0.3) is 0 Å². The van der Waals surface area contributed by atoms with E-state index in [4.69, 9.17) is 4.74 Å². The Bertz CT molecular complexity index is 349. The second-order valence-electron chi connectivity index (χ2n) is 5.84. The smallest absolute Gasteiger partial charge is 0.0897 e. The predicted octanol–water partition coefficient (Wildman–Crippen LogP) is 3.18. The Hall–Kier alpha value is -0.420. The first-order valence-corrected chi connectivity index (χ1v) is 8.65. The molecule has 1 saturated carbocycles. The minimum Gasteiger partial charge on any atom is -0.389 e. The van der Waals surface area contributed by atoms with Crippen LogP contribution in [0.4, 0.5) is 0 Å². The monoisotopic (exact) mass is 297 g/mol. The van der Waals surface area contributed by atoms with E-state index in [-0.39, 0.29) is 0 Å². The first-order valence-electron chi connectivity index (χ1n) is 7.77. The maximum Gasteiger partial charge on any atom is 0.0897 e. The molecule has 1 aliphatic carbocycles. The van der Waals surface area contributed by atoms with Crippen molar-refractivity contribution in [2.75, 3.05) is 13.2 Å². The highest BCUT2D eigenvalue weighted by Gasteiger charge is 2.20. The minimum absolute atomic E-state index is 0.405. The van der Waals surface area contributed by atoms with Gasteiger partial charge in [-0.1, -0.05) is 25.3 Å². The van der Waals surface area contributed by atoms with Crippen molar-refractivity contribution in [2.24, 2.45) is 5.92 Å². The van der Waals surface area contributed by atoms with Gasteiger partial charge in [0, 0.05) is 17.5 Å². The topological polar surface area (TPSA) is 41.5 Å². The Labute approximate surface area is 126 Å². The van der Waals surface area contributed by atoms with E-state index in [0.29, 0.717) is 25.8 Å². The molecule has 2 atom stereocenters. The van der Waals surface area contributed by atoms with Crippen molar-refractivity contribution < 1.29 is 9.84 Å². The van der Waals surface area contributed by atoms with E-state index in [1.165, 1.54) is 37.0 Å². The van der Waals surface area contributed by atoms with Gasteiger partial charge in [0.1, 0.15) is 0 Å². The second-order valence-corrected chi connectivity index (χ2v) is 6.88. The van der Waals surface area contributed by atoms with Gasteiger partial charge in [-0.3, -0.25) is 0 Å². The van der Waals surface area contributed by atoms with Gasteiger partial charge in [-0.2, -0.15) is 0 Å². The number of thiophene rings is 1. The summed E-state index contributed by atoms with van der Waals surface area (Å²) >= 11 is 1.69. The van der Waals surface area contributed by atoms with Crippen LogP contribution < -0.4 is 5.32 Å². The van der Waals surface area contributed by atoms with Crippen molar-refractivity contribution in [3.05, 3.63) is 22.4 Å². The summed E-state index contributed by atoms with van der Waals surface area (Å²) in [5.41, 5.74) is 0. The number of aliphatic hydroxyl groups is 1. The van der Waals surface area contributed by atoms with E-state index < -0.39 is 6.10 Å². The third-order valence-corrected chi connectivity index (χ3v) is 5.02. The molecule has 0 aromatic carbocycles. The predicted molar refractivity (Wildman–Crippen MR) is 84.0 cm³/mol. The molecule has 1 aliphatic rings. The van der Waals surface area contributed by atoms with Gasteiger partial charge in [0.05, 0.1) is 19.3 Å². The third-order valence-electron chi connectivity index (χ3n) is 4.17. The molecule has 2 rings (SSSR count). The highest BCUT2D eigenvalue weighted by Crippen LogP contribution is 2.26. The van der Waals surface area contributed by atoms with E-state index in [1.807, 2.05) is 11.4 Å². The zero-order chi connectivity index (χ0) is 14.2. The molecule has 0 saturated heterocycles. The van der Waals surface area contributed by atoms with E-state index in [0.717, 1.165) is 5.92 Å². The summed E-state index contributed by atoms with van der Waals surface area (Å²) in [6, 6.07) is 4.58. The zero-order valence-electron chi connectivity index (χ0n) is 12.4. The van der Waals surface area contributed by atoms with Gasteiger partial charge in [0.15, 0.2) is 0 Å². The Morgan fingerprint density at radius 1 is 1.40 bits per heavy atom. The fraction of sp³-hybridized carbons (Fsp3) is 0.750. The van der Waals surface area contributed by atoms with Gasteiger partial charge in [-0.05, 0) is 37.1 Å². The number of hydrogen-bond acceptors (Lipinski definition) is 4. The van der Waals surface area contributed by atoms with Gasteiger partial charge >= 0.3 is 0 Å².